The molecule has 1 fully saturated rings. The monoisotopic (exact) mass is 252 g/mol. The smallest absolute Gasteiger partial charge is 0.399 e. The van der Waals surface area contributed by atoms with Gasteiger partial charge in [0.25, 0.3) is 0 Å². The zero-order chi connectivity index (χ0) is 13.0. The van der Waals surface area contributed by atoms with E-state index >= 15 is 0 Å². The van der Waals surface area contributed by atoms with E-state index in [-0.39, 0.29) is 18.3 Å². The lowest BCUT2D eigenvalue weighted by molar-refractivity contribution is 0.00578. The quantitative estimate of drug-likeness (QED) is 0.715. The summed E-state index contributed by atoms with van der Waals surface area (Å²) in [6.45, 7) is 14.8. The highest BCUT2D eigenvalue weighted by Crippen LogP contribution is 2.37. The molecule has 17 heavy (non-hydrogen) atoms. The molecule has 0 N–H and O–H groups in total. The van der Waals surface area contributed by atoms with Crippen LogP contribution in [0.4, 0.5) is 0 Å². The molecule has 2 nitrogen and oxygen atoms in total. The van der Waals surface area contributed by atoms with Gasteiger partial charge in [0.1, 0.15) is 0 Å². The van der Waals surface area contributed by atoms with Crippen molar-refractivity contribution < 1.29 is 9.31 Å². The summed E-state index contributed by atoms with van der Waals surface area (Å²) < 4.78 is 13.4. The van der Waals surface area contributed by atoms with Crippen LogP contribution in [0.1, 0.15) is 43.7 Å². The van der Waals surface area contributed by atoms with E-state index < -0.39 is 0 Å². The van der Waals surface area contributed by atoms with E-state index in [1.807, 2.05) is 0 Å². The molecule has 0 bridgehead atoms. The molecule has 0 aromatic carbocycles. The van der Waals surface area contributed by atoms with Gasteiger partial charge in [0.15, 0.2) is 0 Å². The van der Waals surface area contributed by atoms with Crippen LogP contribution in [-0.2, 0) is 9.31 Å². The van der Waals surface area contributed by atoms with Crippen molar-refractivity contribution >= 4 is 23.2 Å². The van der Waals surface area contributed by atoms with Gasteiger partial charge >= 0.3 is 7.12 Å². The van der Waals surface area contributed by atoms with Gasteiger partial charge in [-0.05, 0) is 59.6 Å². The van der Waals surface area contributed by atoms with E-state index in [1.165, 1.54) is 20.8 Å². The normalized spacial score (nSPS) is 22.2. The first-order chi connectivity index (χ1) is 7.66. The Morgan fingerprint density at radius 2 is 1.35 bits per heavy atom. The lowest BCUT2D eigenvalue weighted by Crippen LogP contribution is -2.41. The van der Waals surface area contributed by atoms with Crippen molar-refractivity contribution in [3.05, 3.63) is 16.0 Å². The Hall–Kier alpha value is -0.315. The van der Waals surface area contributed by atoms with Crippen LogP contribution < -0.4 is 4.78 Å². The standard InChI is InChI=1S/C13H21BO2S/c1-8-9(2)11(17-10(8)3)14-15-12(4,5)13(6,7)16-14/h1-7H3. The number of hydrogen-bond donors (Lipinski definition) is 0. The highest BCUT2D eigenvalue weighted by Gasteiger charge is 2.52. The maximum atomic E-state index is 6.09. The van der Waals surface area contributed by atoms with E-state index in [9.17, 15) is 0 Å². The van der Waals surface area contributed by atoms with Gasteiger partial charge in [0, 0.05) is 9.65 Å². The van der Waals surface area contributed by atoms with Crippen molar-refractivity contribution in [2.45, 2.75) is 59.7 Å². The molecular weight excluding hydrogens is 231 g/mol. The second-order valence-corrected chi connectivity index (χ2v) is 7.12. The van der Waals surface area contributed by atoms with E-state index in [4.69, 9.17) is 9.31 Å². The zero-order valence-electron chi connectivity index (χ0n) is 11.8. The fraction of sp³-hybridized carbons (Fsp3) is 0.692. The van der Waals surface area contributed by atoms with Gasteiger partial charge in [-0.25, -0.2) is 0 Å². The predicted molar refractivity (Wildman–Crippen MR) is 74.2 cm³/mol. The molecule has 1 aromatic rings. The molecule has 1 aliphatic rings. The van der Waals surface area contributed by atoms with Crippen molar-refractivity contribution in [2.24, 2.45) is 0 Å². The van der Waals surface area contributed by atoms with Crippen molar-refractivity contribution in [2.75, 3.05) is 0 Å². The molecule has 0 atom stereocenters. The lowest BCUT2D eigenvalue weighted by atomic mass is 9.84. The Morgan fingerprint density at radius 1 is 0.882 bits per heavy atom. The maximum Gasteiger partial charge on any atom is 0.505 e. The van der Waals surface area contributed by atoms with Crippen LogP contribution in [0, 0.1) is 20.8 Å². The molecule has 1 aromatic heterocycles. The maximum absolute atomic E-state index is 6.09. The summed E-state index contributed by atoms with van der Waals surface area (Å²) in [4.78, 5) is 1.35. The molecule has 2 heterocycles. The number of thiophene rings is 1. The molecular formula is C13H21BO2S. The highest BCUT2D eigenvalue weighted by molar-refractivity contribution is 7.22. The van der Waals surface area contributed by atoms with Crippen LogP contribution in [-0.4, -0.2) is 18.3 Å². The van der Waals surface area contributed by atoms with Crippen molar-refractivity contribution in [1.82, 2.24) is 0 Å². The molecule has 0 aliphatic carbocycles. The molecule has 0 unspecified atom stereocenters. The van der Waals surface area contributed by atoms with Gasteiger partial charge < -0.3 is 9.31 Å². The Morgan fingerprint density at radius 3 is 1.71 bits per heavy atom. The number of hydrogen-bond acceptors (Lipinski definition) is 3. The number of aryl methyl sites for hydroxylation is 1. The third-order valence-corrected chi connectivity index (χ3v) is 5.52. The SMILES string of the molecule is Cc1sc(B2OC(C)(C)C(C)(C)O2)c(C)c1C. The van der Waals surface area contributed by atoms with E-state index in [0.717, 1.165) is 0 Å². The van der Waals surface area contributed by atoms with Gasteiger partial charge in [0.2, 0.25) is 0 Å². The zero-order valence-corrected chi connectivity index (χ0v) is 12.6. The minimum absolute atomic E-state index is 0.211. The Bertz CT molecular complexity index is 433. The number of rotatable bonds is 1. The first-order valence-corrected chi connectivity index (χ1v) is 6.89. The van der Waals surface area contributed by atoms with E-state index in [2.05, 4.69) is 48.5 Å². The largest absolute Gasteiger partial charge is 0.505 e. The van der Waals surface area contributed by atoms with Crippen LogP contribution in [0.15, 0.2) is 0 Å². The second-order valence-electron chi connectivity index (χ2n) is 5.86. The minimum Gasteiger partial charge on any atom is -0.399 e. The first-order valence-electron chi connectivity index (χ1n) is 6.08. The molecule has 1 aliphatic heterocycles. The fourth-order valence-corrected chi connectivity index (χ4v) is 3.08. The summed E-state index contributed by atoms with van der Waals surface area (Å²) in [6.07, 6.45) is 0. The molecule has 0 amide bonds. The van der Waals surface area contributed by atoms with Gasteiger partial charge in [-0.3, -0.25) is 0 Å². The molecule has 0 saturated carbocycles. The Labute approximate surface area is 108 Å². The summed E-state index contributed by atoms with van der Waals surface area (Å²) in [7, 11) is -0.211. The van der Waals surface area contributed by atoms with Crippen molar-refractivity contribution in [3.8, 4) is 0 Å². The van der Waals surface area contributed by atoms with Crippen LogP contribution in [0.3, 0.4) is 0 Å². The summed E-state index contributed by atoms with van der Waals surface area (Å²) in [5, 5.41) is 0. The summed E-state index contributed by atoms with van der Waals surface area (Å²) in [6, 6.07) is 0. The van der Waals surface area contributed by atoms with Gasteiger partial charge in [-0.2, -0.15) is 0 Å². The van der Waals surface area contributed by atoms with Crippen molar-refractivity contribution in [1.29, 1.82) is 0 Å². The molecule has 1 saturated heterocycles. The molecule has 4 heteroatoms. The molecule has 0 spiro atoms. The van der Waals surface area contributed by atoms with Gasteiger partial charge in [-0.1, -0.05) is 0 Å². The van der Waals surface area contributed by atoms with Crippen LogP contribution in [0.2, 0.25) is 0 Å². The second kappa shape index (κ2) is 3.84. The topological polar surface area (TPSA) is 18.5 Å². The molecule has 0 radical (unpaired) electrons. The van der Waals surface area contributed by atoms with E-state index in [1.54, 1.807) is 11.3 Å². The summed E-state index contributed by atoms with van der Waals surface area (Å²) >= 11 is 1.79. The van der Waals surface area contributed by atoms with Crippen LogP contribution >= 0.6 is 11.3 Å². The summed E-state index contributed by atoms with van der Waals surface area (Å²) in [5.74, 6) is 0. The third-order valence-electron chi connectivity index (χ3n) is 4.19. The molecule has 94 valence electrons. The lowest BCUT2D eigenvalue weighted by Gasteiger charge is -2.32. The highest BCUT2D eigenvalue weighted by atomic mass is 32.1. The first kappa shape index (κ1) is 13.1. The average molecular weight is 252 g/mol. The average Bonchev–Trinajstić information content (AvgIpc) is 2.55. The third kappa shape index (κ3) is 1.96. The minimum atomic E-state index is -0.254. The van der Waals surface area contributed by atoms with Crippen LogP contribution in [0.5, 0.6) is 0 Å². The summed E-state index contributed by atoms with van der Waals surface area (Å²) in [5.41, 5.74) is 2.16. The molecule has 2 rings (SSSR count). The van der Waals surface area contributed by atoms with Crippen LogP contribution in [0.25, 0.3) is 0 Å². The Balaban J connectivity index is 2.35. The van der Waals surface area contributed by atoms with Gasteiger partial charge in [-0.15, -0.1) is 11.3 Å². The Kier molecular flexibility index (Phi) is 2.96. The van der Waals surface area contributed by atoms with E-state index in [0.29, 0.717) is 0 Å². The fourth-order valence-electron chi connectivity index (χ4n) is 1.94. The van der Waals surface area contributed by atoms with Gasteiger partial charge in [0.05, 0.1) is 11.2 Å². The van der Waals surface area contributed by atoms with Crippen molar-refractivity contribution in [3.63, 3.8) is 0 Å². The predicted octanol–water partition coefficient (Wildman–Crippen LogP) is 2.97.